The lowest BCUT2D eigenvalue weighted by molar-refractivity contribution is -0.137. The van der Waals surface area contributed by atoms with Gasteiger partial charge in [-0.15, -0.1) is 0 Å². The van der Waals surface area contributed by atoms with Crippen LogP contribution in [-0.4, -0.2) is 23.1 Å². The molecule has 0 amide bonds. The fraction of sp³-hybridized carbons (Fsp3) is 0.333. The summed E-state index contributed by atoms with van der Waals surface area (Å²) in [4.78, 5) is 0. The first kappa shape index (κ1) is 13.0. The number of nitrogens with two attached hydrogens (primary N) is 1. The molecule has 1 atom stereocenters. The van der Waals surface area contributed by atoms with Crippen molar-refractivity contribution in [2.45, 2.75) is 18.5 Å². The van der Waals surface area contributed by atoms with E-state index in [1.807, 2.05) is 0 Å². The minimum Gasteiger partial charge on any atom is -0.426 e. The van der Waals surface area contributed by atoms with Crippen LogP contribution in [0.1, 0.15) is 11.1 Å². The van der Waals surface area contributed by atoms with Crippen LogP contribution in [0.15, 0.2) is 24.3 Å². The molecule has 1 rings (SSSR count). The molecule has 88 valence electrons. The van der Waals surface area contributed by atoms with Crippen molar-refractivity contribution in [2.24, 2.45) is 5.73 Å². The lowest BCUT2D eigenvalue weighted by Crippen LogP contribution is -2.40. The summed E-state index contributed by atoms with van der Waals surface area (Å²) in [7, 11) is -1.74. The summed E-state index contributed by atoms with van der Waals surface area (Å²) in [5.74, 6) is -0.997. The monoisotopic (exact) mass is 233 g/mol. The van der Waals surface area contributed by atoms with Gasteiger partial charge >= 0.3 is 13.3 Å². The third-order valence-corrected chi connectivity index (χ3v) is 2.11. The Kier molecular flexibility index (Phi) is 3.95. The van der Waals surface area contributed by atoms with E-state index in [1.54, 1.807) is 0 Å². The number of halogens is 3. The molecule has 0 fully saturated rings. The van der Waals surface area contributed by atoms with Crippen molar-refractivity contribution in [3.05, 3.63) is 35.4 Å². The van der Waals surface area contributed by atoms with Crippen LogP contribution >= 0.6 is 0 Å². The Labute approximate surface area is 90.8 Å². The predicted octanol–water partition coefficient (Wildman–Crippen LogP) is 0.587. The van der Waals surface area contributed by atoms with E-state index >= 15 is 0 Å². The summed E-state index contributed by atoms with van der Waals surface area (Å²) in [5, 5.41) is 17.4. The van der Waals surface area contributed by atoms with Gasteiger partial charge in [-0.05, 0) is 18.1 Å². The molecule has 0 bridgehead atoms. The third-order valence-electron chi connectivity index (χ3n) is 2.11. The fourth-order valence-corrected chi connectivity index (χ4v) is 1.25. The molecular formula is C9H11BF3NO2. The second-order valence-electron chi connectivity index (χ2n) is 3.48. The zero-order valence-corrected chi connectivity index (χ0v) is 8.28. The number of hydrogen-bond donors (Lipinski definition) is 3. The van der Waals surface area contributed by atoms with Gasteiger partial charge in [0.15, 0.2) is 0 Å². The maximum absolute atomic E-state index is 12.3. The lowest BCUT2D eigenvalue weighted by atomic mass is 9.77. The minimum atomic E-state index is -4.40. The number of benzene rings is 1. The van der Waals surface area contributed by atoms with Gasteiger partial charge in [0.1, 0.15) is 0 Å². The van der Waals surface area contributed by atoms with E-state index < -0.39 is 24.8 Å². The number of alkyl halides is 3. The van der Waals surface area contributed by atoms with Crippen LogP contribution in [-0.2, 0) is 12.6 Å². The highest BCUT2D eigenvalue weighted by atomic mass is 19.4. The van der Waals surface area contributed by atoms with E-state index in [0.29, 0.717) is 5.56 Å². The molecule has 0 saturated carbocycles. The first-order valence-corrected chi connectivity index (χ1v) is 4.58. The molecule has 0 heterocycles. The summed E-state index contributed by atoms with van der Waals surface area (Å²) in [6, 6.07) is 4.61. The van der Waals surface area contributed by atoms with Gasteiger partial charge in [-0.2, -0.15) is 13.2 Å². The Balaban J connectivity index is 2.83. The van der Waals surface area contributed by atoms with Crippen molar-refractivity contribution < 1.29 is 23.2 Å². The van der Waals surface area contributed by atoms with E-state index in [0.717, 1.165) is 12.1 Å². The predicted molar refractivity (Wildman–Crippen MR) is 53.3 cm³/mol. The molecule has 3 nitrogen and oxygen atoms in total. The highest BCUT2D eigenvalue weighted by Gasteiger charge is 2.30. The molecule has 0 aliphatic heterocycles. The maximum Gasteiger partial charge on any atom is 0.469 e. The van der Waals surface area contributed by atoms with Crippen molar-refractivity contribution in [1.82, 2.24) is 0 Å². The fourth-order valence-electron chi connectivity index (χ4n) is 1.25. The summed E-state index contributed by atoms with van der Waals surface area (Å²) in [6.07, 6.45) is -4.43. The number of hydrogen-bond acceptors (Lipinski definition) is 3. The van der Waals surface area contributed by atoms with Crippen molar-refractivity contribution in [3.63, 3.8) is 0 Å². The Bertz CT molecular complexity index is 357. The van der Waals surface area contributed by atoms with E-state index in [-0.39, 0.29) is 6.42 Å². The van der Waals surface area contributed by atoms with Gasteiger partial charge in [-0.3, -0.25) is 0 Å². The van der Waals surface area contributed by atoms with Crippen LogP contribution in [0.2, 0.25) is 0 Å². The van der Waals surface area contributed by atoms with Gasteiger partial charge in [-0.25, -0.2) is 0 Å². The van der Waals surface area contributed by atoms with Crippen molar-refractivity contribution in [2.75, 3.05) is 0 Å². The van der Waals surface area contributed by atoms with E-state index in [4.69, 9.17) is 15.8 Å². The van der Waals surface area contributed by atoms with Gasteiger partial charge in [0.25, 0.3) is 0 Å². The number of rotatable bonds is 3. The zero-order chi connectivity index (χ0) is 12.3. The molecular weight excluding hydrogens is 222 g/mol. The highest BCUT2D eigenvalue weighted by molar-refractivity contribution is 6.43. The molecule has 0 aliphatic carbocycles. The smallest absolute Gasteiger partial charge is 0.426 e. The normalized spacial score (nSPS) is 13.6. The maximum atomic E-state index is 12.3. The topological polar surface area (TPSA) is 66.5 Å². The van der Waals surface area contributed by atoms with Crippen molar-refractivity contribution in [1.29, 1.82) is 0 Å². The molecule has 0 aromatic heterocycles. The van der Waals surface area contributed by atoms with Crippen LogP contribution in [0, 0.1) is 0 Å². The van der Waals surface area contributed by atoms with Crippen molar-refractivity contribution >= 4 is 7.12 Å². The molecule has 1 aromatic carbocycles. The Morgan fingerprint density at radius 2 is 1.94 bits per heavy atom. The molecule has 0 unspecified atom stereocenters. The van der Waals surface area contributed by atoms with Crippen LogP contribution < -0.4 is 5.73 Å². The van der Waals surface area contributed by atoms with Crippen LogP contribution in [0.25, 0.3) is 0 Å². The van der Waals surface area contributed by atoms with Crippen molar-refractivity contribution in [3.8, 4) is 0 Å². The summed E-state index contributed by atoms with van der Waals surface area (Å²) < 4.78 is 37.0. The third kappa shape index (κ3) is 3.51. The largest absolute Gasteiger partial charge is 0.469 e. The van der Waals surface area contributed by atoms with Crippen LogP contribution in [0.5, 0.6) is 0 Å². The SMILES string of the molecule is N[C@@H](Cc1cccc(C(F)(F)F)c1)B(O)O. The van der Waals surface area contributed by atoms with Crippen LogP contribution in [0.3, 0.4) is 0 Å². The van der Waals surface area contributed by atoms with E-state index in [2.05, 4.69) is 0 Å². The molecule has 0 saturated heterocycles. The van der Waals surface area contributed by atoms with E-state index in [1.165, 1.54) is 12.1 Å². The zero-order valence-electron chi connectivity index (χ0n) is 8.28. The molecule has 0 radical (unpaired) electrons. The summed E-state index contributed by atoms with van der Waals surface area (Å²) in [5.41, 5.74) is 4.87. The second-order valence-corrected chi connectivity index (χ2v) is 3.48. The van der Waals surface area contributed by atoms with Gasteiger partial charge < -0.3 is 15.8 Å². The van der Waals surface area contributed by atoms with Gasteiger partial charge in [0, 0.05) is 5.94 Å². The Morgan fingerprint density at radius 3 is 2.44 bits per heavy atom. The Morgan fingerprint density at radius 1 is 1.31 bits per heavy atom. The molecule has 7 heteroatoms. The molecule has 16 heavy (non-hydrogen) atoms. The van der Waals surface area contributed by atoms with E-state index in [9.17, 15) is 13.2 Å². The summed E-state index contributed by atoms with van der Waals surface area (Å²) in [6.45, 7) is 0. The average Bonchev–Trinajstić information content (AvgIpc) is 2.16. The highest BCUT2D eigenvalue weighted by Crippen LogP contribution is 2.29. The minimum absolute atomic E-state index is 0.0262. The molecule has 4 N–H and O–H groups in total. The molecule has 0 aliphatic rings. The first-order valence-electron chi connectivity index (χ1n) is 4.58. The quantitative estimate of drug-likeness (QED) is 0.669. The summed E-state index contributed by atoms with van der Waals surface area (Å²) >= 11 is 0. The van der Waals surface area contributed by atoms with Gasteiger partial charge in [0.2, 0.25) is 0 Å². The van der Waals surface area contributed by atoms with Gasteiger partial charge in [-0.1, -0.05) is 18.2 Å². The molecule has 1 aromatic rings. The van der Waals surface area contributed by atoms with Crippen LogP contribution in [0.4, 0.5) is 13.2 Å². The second kappa shape index (κ2) is 4.86. The van der Waals surface area contributed by atoms with Gasteiger partial charge in [0.05, 0.1) is 5.56 Å². The molecule has 0 spiro atoms. The standard InChI is InChI=1S/C9H11BF3NO2/c11-9(12,13)7-3-1-2-6(4-7)5-8(14)10(15)16/h1-4,8,15-16H,5,14H2/t8-/m0/s1. The lowest BCUT2D eigenvalue weighted by Gasteiger charge is -2.12. The average molecular weight is 233 g/mol. The first-order chi connectivity index (χ1) is 7.30. The Hall–Kier alpha value is -1.05.